The number of carbonyl (C=O) groups excluding carboxylic acids is 1. The normalized spacial score (nSPS) is 19.9. The van der Waals surface area contributed by atoms with E-state index in [9.17, 15) is 4.79 Å². The fraction of sp³-hybridized carbons (Fsp3) is 0.538. The number of fused-ring (bicyclic) bond motifs is 1. The molecule has 3 heterocycles. The predicted molar refractivity (Wildman–Crippen MR) is 76.8 cm³/mol. The van der Waals surface area contributed by atoms with Gasteiger partial charge in [-0.05, 0) is 26.7 Å². The van der Waals surface area contributed by atoms with E-state index >= 15 is 0 Å². The van der Waals surface area contributed by atoms with Crippen LogP contribution in [0, 0.1) is 13.8 Å². The highest BCUT2D eigenvalue weighted by atomic mass is 32.2. The van der Waals surface area contributed by atoms with Gasteiger partial charge in [-0.3, -0.25) is 9.20 Å². The van der Waals surface area contributed by atoms with Gasteiger partial charge in [-0.15, -0.1) is 10.2 Å². The highest BCUT2D eigenvalue weighted by molar-refractivity contribution is 8.00. The average molecular weight is 291 g/mol. The fourth-order valence-corrected chi connectivity index (χ4v) is 3.58. The summed E-state index contributed by atoms with van der Waals surface area (Å²) in [6.07, 6.45) is 2.98. The molecule has 1 unspecified atom stereocenters. The van der Waals surface area contributed by atoms with Crippen LogP contribution in [0.2, 0.25) is 0 Å². The molecule has 7 heteroatoms. The van der Waals surface area contributed by atoms with Crippen molar-refractivity contribution in [2.45, 2.75) is 43.5 Å². The zero-order valence-electron chi connectivity index (χ0n) is 11.6. The maximum absolute atomic E-state index is 12.0. The van der Waals surface area contributed by atoms with Crippen molar-refractivity contribution < 1.29 is 4.79 Å². The van der Waals surface area contributed by atoms with Crippen LogP contribution in [0.25, 0.3) is 5.65 Å². The van der Waals surface area contributed by atoms with E-state index in [2.05, 4.69) is 20.5 Å². The monoisotopic (exact) mass is 291 g/mol. The van der Waals surface area contributed by atoms with Crippen LogP contribution >= 0.6 is 11.8 Å². The van der Waals surface area contributed by atoms with Crippen molar-refractivity contribution in [3.63, 3.8) is 0 Å². The van der Waals surface area contributed by atoms with Crippen molar-refractivity contribution in [2.75, 3.05) is 6.54 Å². The quantitative estimate of drug-likeness (QED) is 0.908. The Hall–Kier alpha value is -1.63. The van der Waals surface area contributed by atoms with E-state index in [-0.39, 0.29) is 11.2 Å². The minimum atomic E-state index is -0.0920. The van der Waals surface area contributed by atoms with Crippen molar-refractivity contribution in [1.29, 1.82) is 0 Å². The number of nitrogens with zero attached hydrogens (tertiary/aromatic N) is 4. The Labute approximate surface area is 121 Å². The van der Waals surface area contributed by atoms with Crippen LogP contribution in [0.4, 0.5) is 0 Å². The molecule has 2 aromatic rings. The first kappa shape index (κ1) is 13.4. The number of hydrogen-bond acceptors (Lipinski definition) is 5. The lowest BCUT2D eigenvalue weighted by Crippen LogP contribution is -2.30. The Morgan fingerprint density at radius 1 is 1.35 bits per heavy atom. The third-order valence-corrected chi connectivity index (χ3v) is 4.60. The summed E-state index contributed by atoms with van der Waals surface area (Å²) in [7, 11) is 0. The van der Waals surface area contributed by atoms with E-state index in [1.807, 2.05) is 24.3 Å². The van der Waals surface area contributed by atoms with Gasteiger partial charge in [0.1, 0.15) is 5.82 Å². The minimum Gasteiger partial charge on any atom is -0.355 e. The minimum absolute atomic E-state index is 0.0920. The number of aryl methyl sites for hydroxylation is 2. The standard InChI is InChI=1S/C13H17N5OS/c1-8-7-11-16-17-13(18(11)9(2)15-8)20-10-5-3-4-6-14-12(10)19/h7,10H,3-6H2,1-2H3,(H,14,19). The van der Waals surface area contributed by atoms with E-state index in [1.54, 1.807) is 0 Å². The summed E-state index contributed by atoms with van der Waals surface area (Å²) in [6, 6.07) is 1.90. The lowest BCUT2D eigenvalue weighted by molar-refractivity contribution is -0.120. The lowest BCUT2D eigenvalue weighted by atomic mass is 10.2. The number of amides is 1. The summed E-state index contributed by atoms with van der Waals surface area (Å²) in [5.41, 5.74) is 1.71. The Morgan fingerprint density at radius 3 is 3.05 bits per heavy atom. The second-order valence-electron chi connectivity index (χ2n) is 5.01. The molecule has 0 aromatic carbocycles. The maximum atomic E-state index is 12.0. The molecule has 1 atom stereocenters. The topological polar surface area (TPSA) is 72.2 Å². The summed E-state index contributed by atoms with van der Waals surface area (Å²) in [6.45, 7) is 4.64. The molecule has 0 bridgehead atoms. The predicted octanol–water partition coefficient (Wildman–Crippen LogP) is 1.50. The second kappa shape index (κ2) is 5.40. The fourth-order valence-electron chi connectivity index (χ4n) is 2.43. The van der Waals surface area contributed by atoms with Crippen LogP contribution in [0.5, 0.6) is 0 Å². The van der Waals surface area contributed by atoms with Gasteiger partial charge < -0.3 is 5.32 Å². The van der Waals surface area contributed by atoms with E-state index in [4.69, 9.17) is 0 Å². The number of nitrogens with one attached hydrogen (secondary N) is 1. The van der Waals surface area contributed by atoms with E-state index < -0.39 is 0 Å². The number of carbonyl (C=O) groups is 1. The first-order valence-electron chi connectivity index (χ1n) is 6.79. The van der Waals surface area contributed by atoms with Crippen molar-refractivity contribution in [2.24, 2.45) is 0 Å². The first-order valence-corrected chi connectivity index (χ1v) is 7.67. The molecule has 1 aliphatic rings. The third kappa shape index (κ3) is 2.49. The zero-order valence-corrected chi connectivity index (χ0v) is 12.4. The van der Waals surface area contributed by atoms with Gasteiger partial charge in [-0.2, -0.15) is 0 Å². The molecule has 0 spiro atoms. The Bertz CT molecular complexity index is 653. The van der Waals surface area contributed by atoms with Crippen LogP contribution < -0.4 is 5.32 Å². The molecule has 0 aliphatic carbocycles. The molecule has 0 radical (unpaired) electrons. The molecule has 1 N–H and O–H groups in total. The Morgan fingerprint density at radius 2 is 2.20 bits per heavy atom. The van der Waals surface area contributed by atoms with Gasteiger partial charge in [0.25, 0.3) is 0 Å². The third-order valence-electron chi connectivity index (χ3n) is 3.39. The Kier molecular flexibility index (Phi) is 3.60. The lowest BCUT2D eigenvalue weighted by Gasteiger charge is -2.11. The number of thioether (sulfide) groups is 1. The Balaban J connectivity index is 1.92. The smallest absolute Gasteiger partial charge is 0.233 e. The van der Waals surface area contributed by atoms with E-state index in [1.165, 1.54) is 11.8 Å². The maximum Gasteiger partial charge on any atom is 0.233 e. The van der Waals surface area contributed by atoms with Gasteiger partial charge in [0.15, 0.2) is 10.8 Å². The highest BCUT2D eigenvalue weighted by Gasteiger charge is 2.24. The van der Waals surface area contributed by atoms with Gasteiger partial charge in [0.2, 0.25) is 5.91 Å². The molecule has 2 aromatic heterocycles. The van der Waals surface area contributed by atoms with Crippen LogP contribution in [0.15, 0.2) is 11.2 Å². The van der Waals surface area contributed by atoms with Crippen LogP contribution in [-0.2, 0) is 4.79 Å². The molecular formula is C13H17N5OS. The van der Waals surface area contributed by atoms with Gasteiger partial charge in [-0.1, -0.05) is 18.2 Å². The molecular weight excluding hydrogens is 274 g/mol. The van der Waals surface area contributed by atoms with Gasteiger partial charge in [-0.25, -0.2) is 4.98 Å². The molecule has 20 heavy (non-hydrogen) atoms. The molecule has 3 rings (SSSR count). The molecule has 1 aliphatic heterocycles. The number of aromatic nitrogens is 4. The SMILES string of the molecule is Cc1cc2nnc(SC3CCCCNC3=O)n2c(C)n1. The van der Waals surface area contributed by atoms with Crippen molar-refractivity contribution in [3.05, 3.63) is 17.6 Å². The summed E-state index contributed by atoms with van der Waals surface area (Å²) in [5, 5.41) is 12.0. The molecule has 1 amide bonds. The van der Waals surface area contributed by atoms with E-state index in [0.717, 1.165) is 48.1 Å². The van der Waals surface area contributed by atoms with Gasteiger partial charge >= 0.3 is 0 Å². The molecule has 106 valence electrons. The summed E-state index contributed by atoms with van der Waals surface area (Å²) in [4.78, 5) is 16.4. The molecule has 0 saturated carbocycles. The van der Waals surface area contributed by atoms with Crippen LogP contribution in [0.1, 0.15) is 30.8 Å². The zero-order chi connectivity index (χ0) is 14.1. The van der Waals surface area contributed by atoms with Crippen molar-refractivity contribution >= 4 is 23.3 Å². The second-order valence-corrected chi connectivity index (χ2v) is 6.18. The molecule has 1 saturated heterocycles. The van der Waals surface area contributed by atoms with Gasteiger partial charge in [0.05, 0.1) is 5.25 Å². The number of hydrogen-bond donors (Lipinski definition) is 1. The highest BCUT2D eigenvalue weighted by Crippen LogP contribution is 2.27. The van der Waals surface area contributed by atoms with Crippen LogP contribution in [0.3, 0.4) is 0 Å². The summed E-state index contributed by atoms with van der Waals surface area (Å²) >= 11 is 1.48. The largest absolute Gasteiger partial charge is 0.355 e. The summed E-state index contributed by atoms with van der Waals surface area (Å²) in [5.74, 6) is 0.948. The molecule has 6 nitrogen and oxygen atoms in total. The van der Waals surface area contributed by atoms with Crippen molar-refractivity contribution in [3.8, 4) is 0 Å². The van der Waals surface area contributed by atoms with Crippen LogP contribution in [-0.4, -0.2) is 37.3 Å². The molecule has 1 fully saturated rings. The van der Waals surface area contributed by atoms with Gasteiger partial charge in [0, 0.05) is 18.3 Å². The number of rotatable bonds is 2. The summed E-state index contributed by atoms with van der Waals surface area (Å²) < 4.78 is 1.91. The van der Waals surface area contributed by atoms with Crippen molar-refractivity contribution in [1.82, 2.24) is 24.9 Å². The van der Waals surface area contributed by atoms with E-state index in [0.29, 0.717) is 0 Å². The average Bonchev–Trinajstić information content (AvgIpc) is 2.68. The first-order chi connectivity index (χ1) is 9.65.